The molecular formula is C17H21F5N2O3. The van der Waals surface area contributed by atoms with Gasteiger partial charge in [0, 0.05) is 18.2 Å². The van der Waals surface area contributed by atoms with Crippen LogP contribution in [0.3, 0.4) is 0 Å². The van der Waals surface area contributed by atoms with Gasteiger partial charge in [0.15, 0.2) is 17.7 Å². The van der Waals surface area contributed by atoms with E-state index >= 15 is 0 Å². The highest BCUT2D eigenvalue weighted by Gasteiger charge is 2.48. The highest BCUT2D eigenvalue weighted by molar-refractivity contribution is 5.82. The normalized spacial score (nSPS) is 18.4. The second-order valence-corrected chi connectivity index (χ2v) is 6.20. The van der Waals surface area contributed by atoms with E-state index in [0.717, 1.165) is 32.0 Å². The van der Waals surface area contributed by atoms with Crippen LogP contribution in [0.4, 0.5) is 22.0 Å². The average Bonchev–Trinajstić information content (AvgIpc) is 3.15. The molecule has 27 heavy (non-hydrogen) atoms. The Labute approximate surface area is 153 Å². The number of ether oxygens (including phenoxy) is 2. The van der Waals surface area contributed by atoms with Crippen molar-refractivity contribution in [1.82, 2.24) is 10.6 Å². The summed E-state index contributed by atoms with van der Waals surface area (Å²) in [5, 5.41) is 5.65. The van der Waals surface area contributed by atoms with Crippen molar-refractivity contribution in [3.63, 3.8) is 0 Å². The van der Waals surface area contributed by atoms with E-state index in [2.05, 4.69) is 10.6 Å². The van der Waals surface area contributed by atoms with E-state index in [1.807, 2.05) is 0 Å². The van der Waals surface area contributed by atoms with E-state index in [-0.39, 0.29) is 29.8 Å². The van der Waals surface area contributed by atoms with Gasteiger partial charge in [-0.2, -0.15) is 8.78 Å². The van der Waals surface area contributed by atoms with Crippen LogP contribution in [0.1, 0.15) is 25.3 Å². The molecule has 0 bridgehead atoms. The van der Waals surface area contributed by atoms with Crippen LogP contribution in [-0.2, 0) is 11.3 Å². The number of nitrogens with one attached hydrogen (secondary N) is 2. The maximum atomic E-state index is 14.2. The highest BCUT2D eigenvalue weighted by atomic mass is 19.3. The summed E-state index contributed by atoms with van der Waals surface area (Å²) in [6, 6.07) is 1.62. The van der Waals surface area contributed by atoms with E-state index in [4.69, 9.17) is 9.47 Å². The third-order valence-electron chi connectivity index (χ3n) is 4.30. The van der Waals surface area contributed by atoms with Crippen molar-refractivity contribution in [2.45, 2.75) is 50.8 Å². The van der Waals surface area contributed by atoms with Crippen LogP contribution in [0.2, 0.25) is 0 Å². The molecule has 2 atom stereocenters. The van der Waals surface area contributed by atoms with Crippen molar-refractivity contribution < 1.29 is 36.2 Å². The Kier molecular flexibility index (Phi) is 6.85. The van der Waals surface area contributed by atoms with Crippen LogP contribution in [0, 0.1) is 5.82 Å². The fourth-order valence-corrected chi connectivity index (χ4v) is 2.65. The van der Waals surface area contributed by atoms with Gasteiger partial charge in [-0.25, -0.2) is 13.2 Å². The van der Waals surface area contributed by atoms with Gasteiger partial charge in [-0.15, -0.1) is 0 Å². The van der Waals surface area contributed by atoms with Gasteiger partial charge in [0.2, 0.25) is 5.91 Å². The van der Waals surface area contributed by atoms with Gasteiger partial charge in [0.25, 0.3) is 0 Å². The molecule has 1 aromatic rings. The molecule has 0 saturated carbocycles. The van der Waals surface area contributed by atoms with E-state index < -0.39 is 30.0 Å². The Morgan fingerprint density at radius 1 is 1.37 bits per heavy atom. The zero-order valence-electron chi connectivity index (χ0n) is 14.8. The SMILES string of the molecule is COc1cc(OC(C)C(F)(F)C(F)F)c(F)cc1CNC(=O)C1CCCN1. The van der Waals surface area contributed by atoms with Crippen LogP contribution >= 0.6 is 0 Å². The number of benzene rings is 1. The highest BCUT2D eigenvalue weighted by Crippen LogP contribution is 2.33. The summed E-state index contributed by atoms with van der Waals surface area (Å²) in [7, 11) is 1.26. The molecule has 5 nitrogen and oxygen atoms in total. The van der Waals surface area contributed by atoms with Crippen LogP contribution in [-0.4, -0.2) is 44.1 Å². The van der Waals surface area contributed by atoms with Gasteiger partial charge >= 0.3 is 12.3 Å². The molecule has 1 amide bonds. The van der Waals surface area contributed by atoms with E-state index in [9.17, 15) is 26.7 Å². The Morgan fingerprint density at radius 3 is 2.63 bits per heavy atom. The zero-order valence-corrected chi connectivity index (χ0v) is 14.8. The first-order chi connectivity index (χ1) is 12.7. The van der Waals surface area contributed by atoms with E-state index in [1.165, 1.54) is 7.11 Å². The number of hydrogen-bond donors (Lipinski definition) is 2. The number of rotatable bonds is 8. The first-order valence-corrected chi connectivity index (χ1v) is 8.37. The number of halogens is 5. The van der Waals surface area contributed by atoms with E-state index in [0.29, 0.717) is 6.42 Å². The fourth-order valence-electron chi connectivity index (χ4n) is 2.65. The predicted molar refractivity (Wildman–Crippen MR) is 86.9 cm³/mol. The second-order valence-electron chi connectivity index (χ2n) is 6.20. The molecule has 152 valence electrons. The topological polar surface area (TPSA) is 59.6 Å². The lowest BCUT2D eigenvalue weighted by molar-refractivity contribution is -0.178. The van der Waals surface area contributed by atoms with Crippen molar-refractivity contribution in [1.29, 1.82) is 0 Å². The Balaban J connectivity index is 2.10. The van der Waals surface area contributed by atoms with Crippen LogP contribution in [0.5, 0.6) is 11.5 Å². The predicted octanol–water partition coefficient (Wildman–Crippen LogP) is 2.87. The quantitative estimate of drug-likeness (QED) is 0.664. The fraction of sp³-hybridized carbons (Fsp3) is 0.588. The van der Waals surface area contributed by atoms with Gasteiger partial charge in [0.1, 0.15) is 5.75 Å². The summed E-state index contributed by atoms with van der Waals surface area (Å²) in [4.78, 5) is 12.0. The third-order valence-corrected chi connectivity index (χ3v) is 4.30. The van der Waals surface area contributed by atoms with Crippen molar-refractivity contribution in [2.75, 3.05) is 13.7 Å². The molecule has 1 aliphatic rings. The number of carbonyl (C=O) groups is 1. The maximum absolute atomic E-state index is 14.2. The number of carbonyl (C=O) groups excluding carboxylic acids is 1. The third kappa shape index (κ3) is 5.00. The number of alkyl halides is 4. The lowest BCUT2D eigenvalue weighted by Gasteiger charge is -2.24. The summed E-state index contributed by atoms with van der Waals surface area (Å²) in [5.41, 5.74) is 0.252. The second kappa shape index (κ2) is 8.73. The van der Waals surface area contributed by atoms with Crippen LogP contribution < -0.4 is 20.1 Å². The molecule has 2 rings (SSSR count). The Hall–Kier alpha value is -2.10. The Morgan fingerprint density at radius 2 is 2.07 bits per heavy atom. The molecule has 1 saturated heterocycles. The van der Waals surface area contributed by atoms with Gasteiger partial charge in [0.05, 0.1) is 13.2 Å². The van der Waals surface area contributed by atoms with Crippen molar-refractivity contribution in [3.05, 3.63) is 23.5 Å². The number of hydrogen-bond acceptors (Lipinski definition) is 4. The minimum absolute atomic E-state index is 0.0554. The van der Waals surface area contributed by atoms with Crippen molar-refractivity contribution >= 4 is 5.91 Å². The minimum Gasteiger partial charge on any atom is -0.496 e. The maximum Gasteiger partial charge on any atom is 0.342 e. The van der Waals surface area contributed by atoms with Crippen LogP contribution in [0.25, 0.3) is 0 Å². The summed E-state index contributed by atoms with van der Waals surface area (Å²) >= 11 is 0. The summed E-state index contributed by atoms with van der Waals surface area (Å²) in [6.07, 6.45) is -4.63. The standard InChI is InChI=1S/C17H21F5N2O3/c1-9(17(21,22)16(19)20)27-14-7-13(26-2)10(6-11(14)18)8-24-15(25)12-4-3-5-23-12/h6-7,9,12,16,23H,3-5,8H2,1-2H3,(H,24,25). The molecular weight excluding hydrogens is 375 g/mol. The molecule has 2 N–H and O–H groups in total. The summed E-state index contributed by atoms with van der Waals surface area (Å²) in [6.45, 7) is 1.41. The average molecular weight is 396 g/mol. The molecule has 1 aromatic carbocycles. The molecule has 0 aromatic heterocycles. The smallest absolute Gasteiger partial charge is 0.342 e. The molecule has 1 fully saturated rings. The molecule has 0 aliphatic carbocycles. The molecule has 2 unspecified atom stereocenters. The summed E-state index contributed by atoms with van der Waals surface area (Å²) < 4.78 is 75.3. The molecule has 0 radical (unpaired) electrons. The molecule has 0 spiro atoms. The van der Waals surface area contributed by atoms with Gasteiger partial charge in [-0.05, 0) is 32.4 Å². The van der Waals surface area contributed by atoms with Gasteiger partial charge in [-0.1, -0.05) is 0 Å². The monoisotopic (exact) mass is 396 g/mol. The molecule has 10 heteroatoms. The Bertz CT molecular complexity index is 666. The lowest BCUT2D eigenvalue weighted by atomic mass is 10.1. The minimum atomic E-state index is -4.44. The molecule has 1 aliphatic heterocycles. The summed E-state index contributed by atoms with van der Waals surface area (Å²) in [5.74, 6) is -6.30. The van der Waals surface area contributed by atoms with Crippen LogP contribution in [0.15, 0.2) is 12.1 Å². The largest absolute Gasteiger partial charge is 0.496 e. The van der Waals surface area contributed by atoms with Gasteiger partial charge in [-0.3, -0.25) is 4.79 Å². The zero-order chi connectivity index (χ0) is 20.2. The first kappa shape index (κ1) is 21.2. The first-order valence-electron chi connectivity index (χ1n) is 8.37. The lowest BCUT2D eigenvalue weighted by Crippen LogP contribution is -2.42. The van der Waals surface area contributed by atoms with Gasteiger partial charge < -0.3 is 20.1 Å². The van der Waals surface area contributed by atoms with E-state index in [1.54, 1.807) is 0 Å². The molecule has 1 heterocycles. The van der Waals surface area contributed by atoms with Crippen molar-refractivity contribution in [2.24, 2.45) is 0 Å². The van der Waals surface area contributed by atoms with Crippen molar-refractivity contribution in [3.8, 4) is 11.5 Å². The number of amides is 1. The number of methoxy groups -OCH3 is 1.